The Kier molecular flexibility index (Phi) is 3.16. The van der Waals surface area contributed by atoms with Crippen LogP contribution in [0.15, 0.2) is 32.3 Å². The van der Waals surface area contributed by atoms with Gasteiger partial charge in [-0.2, -0.15) is 0 Å². The van der Waals surface area contributed by atoms with E-state index in [1.54, 1.807) is 7.05 Å². The molecule has 3 heterocycles. The third-order valence-electron chi connectivity index (χ3n) is 4.62. The summed E-state index contributed by atoms with van der Waals surface area (Å²) >= 11 is 3.48. The van der Waals surface area contributed by atoms with Gasteiger partial charge in [0.1, 0.15) is 5.75 Å². The molecule has 0 aliphatic carbocycles. The minimum atomic E-state index is -0.381. The van der Waals surface area contributed by atoms with Gasteiger partial charge in [-0.3, -0.25) is 13.9 Å². The van der Waals surface area contributed by atoms with Crippen LogP contribution in [0, 0.1) is 5.92 Å². The number of aromatic nitrogens is 2. The first-order valence-corrected chi connectivity index (χ1v) is 8.13. The van der Waals surface area contributed by atoms with Crippen molar-refractivity contribution in [2.75, 3.05) is 13.2 Å². The average molecular weight is 379 g/mol. The maximum Gasteiger partial charge on any atom is 0.333 e. The number of ether oxygens (including phenoxy) is 2. The van der Waals surface area contributed by atoms with Crippen molar-refractivity contribution in [2.45, 2.75) is 5.92 Å². The quantitative estimate of drug-likeness (QED) is 0.694. The zero-order valence-corrected chi connectivity index (χ0v) is 14.3. The Balaban J connectivity index is 2.05. The van der Waals surface area contributed by atoms with Crippen LogP contribution >= 0.6 is 15.9 Å². The predicted octanol–water partition coefficient (Wildman–Crippen LogP) is 1.38. The van der Waals surface area contributed by atoms with Crippen LogP contribution < -0.4 is 20.7 Å². The lowest BCUT2D eigenvalue weighted by molar-refractivity contribution is 0.116. The number of rotatable bonds is 0. The molecule has 0 bridgehead atoms. The van der Waals surface area contributed by atoms with Crippen LogP contribution in [-0.4, -0.2) is 22.3 Å². The minimum absolute atomic E-state index is 0.0505. The van der Waals surface area contributed by atoms with E-state index in [1.807, 2.05) is 18.2 Å². The summed E-state index contributed by atoms with van der Waals surface area (Å²) in [6, 6.07) is 5.79. The second kappa shape index (κ2) is 4.99. The number of fused-ring (bicyclic) bond motifs is 5. The average Bonchev–Trinajstić information content (AvgIpc) is 2.56. The largest absolute Gasteiger partial charge is 0.493 e. The molecule has 2 unspecified atom stereocenters. The van der Waals surface area contributed by atoms with E-state index in [0.29, 0.717) is 24.7 Å². The molecule has 1 aromatic carbocycles. The topological polar surface area (TPSA) is 62.5 Å². The molecular formula is C16H15BrN2O4. The summed E-state index contributed by atoms with van der Waals surface area (Å²) < 4.78 is 15.0. The van der Waals surface area contributed by atoms with Crippen molar-refractivity contribution in [3.63, 3.8) is 0 Å². The lowest BCUT2D eigenvalue weighted by Crippen LogP contribution is -2.46. The standard InChI is InChI=1S/C16H15BrN2O4/c1-18-14(20)13-12-8(7-23-15(13)19(2)16(18)21)6-22-11-4-3-9(17)5-10(11)12/h3-5,8,12H,6-7H2,1-2H3. The predicted molar refractivity (Wildman–Crippen MR) is 87.4 cm³/mol. The Morgan fingerprint density at radius 3 is 2.65 bits per heavy atom. The van der Waals surface area contributed by atoms with Crippen molar-refractivity contribution in [2.24, 2.45) is 20.0 Å². The molecule has 0 N–H and O–H groups in total. The van der Waals surface area contributed by atoms with Crippen LogP contribution in [0.4, 0.5) is 0 Å². The molecule has 2 atom stereocenters. The highest BCUT2D eigenvalue weighted by Gasteiger charge is 2.41. The summed E-state index contributed by atoms with van der Waals surface area (Å²) in [4.78, 5) is 24.9. The number of halogens is 1. The van der Waals surface area contributed by atoms with Gasteiger partial charge in [-0.1, -0.05) is 15.9 Å². The Morgan fingerprint density at radius 2 is 1.87 bits per heavy atom. The Bertz CT molecular complexity index is 931. The molecule has 0 saturated carbocycles. The van der Waals surface area contributed by atoms with Crippen LogP contribution in [0.1, 0.15) is 17.0 Å². The van der Waals surface area contributed by atoms with E-state index < -0.39 is 0 Å². The Morgan fingerprint density at radius 1 is 1.13 bits per heavy atom. The van der Waals surface area contributed by atoms with Gasteiger partial charge < -0.3 is 9.47 Å². The molecule has 2 aliphatic rings. The summed E-state index contributed by atoms with van der Waals surface area (Å²) in [5, 5.41) is 0. The van der Waals surface area contributed by atoms with Gasteiger partial charge in [0.15, 0.2) is 0 Å². The molecule has 23 heavy (non-hydrogen) atoms. The summed E-state index contributed by atoms with van der Waals surface area (Å²) in [5.41, 5.74) is 0.809. The van der Waals surface area contributed by atoms with Gasteiger partial charge in [0.05, 0.1) is 18.8 Å². The van der Waals surface area contributed by atoms with Crippen LogP contribution in [0.2, 0.25) is 0 Å². The number of benzene rings is 1. The Hall–Kier alpha value is -2.02. The molecule has 2 aliphatic heterocycles. The molecule has 0 radical (unpaired) electrons. The molecular weight excluding hydrogens is 364 g/mol. The maximum absolute atomic E-state index is 12.8. The van der Waals surface area contributed by atoms with Crippen LogP contribution in [0.5, 0.6) is 11.6 Å². The van der Waals surface area contributed by atoms with E-state index in [9.17, 15) is 9.59 Å². The van der Waals surface area contributed by atoms with Gasteiger partial charge in [0.25, 0.3) is 5.56 Å². The highest BCUT2D eigenvalue weighted by molar-refractivity contribution is 9.10. The lowest BCUT2D eigenvalue weighted by Gasteiger charge is -2.38. The van der Waals surface area contributed by atoms with Crippen molar-refractivity contribution in [3.05, 3.63) is 54.6 Å². The maximum atomic E-state index is 12.8. The summed E-state index contributed by atoms with van der Waals surface area (Å²) in [5.74, 6) is 1.06. The number of hydrogen-bond donors (Lipinski definition) is 0. The fourth-order valence-corrected chi connectivity index (χ4v) is 3.83. The van der Waals surface area contributed by atoms with E-state index >= 15 is 0 Å². The summed E-state index contributed by atoms with van der Waals surface area (Å²) in [6.45, 7) is 0.912. The van der Waals surface area contributed by atoms with Crippen molar-refractivity contribution in [1.29, 1.82) is 0 Å². The molecule has 120 valence electrons. The fourth-order valence-electron chi connectivity index (χ4n) is 3.45. The van der Waals surface area contributed by atoms with E-state index in [1.165, 1.54) is 11.6 Å². The molecule has 7 heteroatoms. The van der Waals surface area contributed by atoms with Crippen molar-refractivity contribution in [1.82, 2.24) is 9.13 Å². The lowest BCUT2D eigenvalue weighted by atomic mass is 9.79. The number of nitrogens with zero attached hydrogens (tertiary/aromatic N) is 2. The van der Waals surface area contributed by atoms with Crippen LogP contribution in [0.3, 0.4) is 0 Å². The van der Waals surface area contributed by atoms with Gasteiger partial charge in [-0.25, -0.2) is 4.79 Å². The van der Waals surface area contributed by atoms with Crippen molar-refractivity contribution >= 4 is 15.9 Å². The van der Waals surface area contributed by atoms with E-state index in [0.717, 1.165) is 20.4 Å². The molecule has 6 nitrogen and oxygen atoms in total. The van der Waals surface area contributed by atoms with Crippen LogP contribution in [-0.2, 0) is 14.1 Å². The van der Waals surface area contributed by atoms with Crippen molar-refractivity contribution in [3.8, 4) is 11.6 Å². The molecule has 0 fully saturated rings. The molecule has 0 amide bonds. The van der Waals surface area contributed by atoms with Gasteiger partial charge in [-0.05, 0) is 18.2 Å². The molecule has 0 spiro atoms. The second-order valence-corrected chi connectivity index (χ2v) is 6.88. The minimum Gasteiger partial charge on any atom is -0.493 e. The van der Waals surface area contributed by atoms with Gasteiger partial charge in [-0.15, -0.1) is 0 Å². The zero-order chi connectivity index (χ0) is 16.3. The molecule has 2 aromatic rings. The highest BCUT2D eigenvalue weighted by atomic mass is 79.9. The van der Waals surface area contributed by atoms with Gasteiger partial charge in [0, 0.05) is 36.0 Å². The summed E-state index contributed by atoms with van der Waals surface area (Å²) in [7, 11) is 3.12. The normalized spacial score (nSPS) is 21.5. The monoisotopic (exact) mass is 378 g/mol. The van der Waals surface area contributed by atoms with Gasteiger partial charge >= 0.3 is 5.69 Å². The zero-order valence-electron chi connectivity index (χ0n) is 12.7. The molecule has 4 rings (SSSR count). The fraction of sp³-hybridized carbons (Fsp3) is 0.375. The molecule has 0 saturated heterocycles. The van der Waals surface area contributed by atoms with Gasteiger partial charge in [0.2, 0.25) is 5.88 Å². The smallest absolute Gasteiger partial charge is 0.333 e. The Labute approximate surface area is 140 Å². The number of hydrogen-bond acceptors (Lipinski definition) is 4. The molecule has 1 aromatic heterocycles. The third kappa shape index (κ3) is 1.99. The van der Waals surface area contributed by atoms with E-state index in [4.69, 9.17) is 9.47 Å². The highest BCUT2D eigenvalue weighted by Crippen LogP contribution is 2.46. The third-order valence-corrected chi connectivity index (χ3v) is 5.11. The second-order valence-electron chi connectivity index (χ2n) is 5.97. The van der Waals surface area contributed by atoms with E-state index in [-0.39, 0.29) is 23.1 Å². The first kappa shape index (κ1) is 14.6. The van der Waals surface area contributed by atoms with Crippen molar-refractivity contribution < 1.29 is 9.47 Å². The van der Waals surface area contributed by atoms with E-state index in [2.05, 4.69) is 15.9 Å². The first-order valence-electron chi connectivity index (χ1n) is 7.34. The summed E-state index contributed by atoms with van der Waals surface area (Å²) in [6.07, 6.45) is 0. The first-order chi connectivity index (χ1) is 11.0. The van der Waals surface area contributed by atoms with Crippen LogP contribution in [0.25, 0.3) is 0 Å². The SMILES string of the molecule is Cn1c2c(c(=O)n(C)c1=O)C1c3cc(Br)ccc3OCC1CO2.